The van der Waals surface area contributed by atoms with Gasteiger partial charge in [0.25, 0.3) is 6.71 Å². The van der Waals surface area contributed by atoms with E-state index >= 15 is 0 Å². The van der Waals surface area contributed by atoms with Crippen LogP contribution in [0.3, 0.4) is 0 Å². The van der Waals surface area contributed by atoms with E-state index in [1.165, 1.54) is 143 Å². The van der Waals surface area contributed by atoms with Gasteiger partial charge in [0.05, 0.1) is 0 Å². The van der Waals surface area contributed by atoms with Crippen molar-refractivity contribution >= 4 is 57.2 Å². The zero-order valence-corrected chi connectivity index (χ0v) is 43.7. The molecule has 0 unspecified atom stereocenters. The van der Waals surface area contributed by atoms with E-state index in [2.05, 4.69) is 212 Å². The van der Waals surface area contributed by atoms with Gasteiger partial charge in [-0.3, -0.25) is 0 Å². The number of fused-ring (bicyclic) bond motifs is 10. The summed E-state index contributed by atoms with van der Waals surface area (Å²) in [6, 6.07) is 37.6. The van der Waals surface area contributed by atoms with Crippen molar-refractivity contribution in [2.45, 2.75) is 181 Å². The van der Waals surface area contributed by atoms with Crippen molar-refractivity contribution in [2.24, 2.45) is 0 Å². The highest BCUT2D eigenvalue weighted by molar-refractivity contribution is 7.00. The largest absolute Gasteiger partial charge is 0.311 e. The highest BCUT2D eigenvalue weighted by Gasteiger charge is 2.50. The van der Waals surface area contributed by atoms with Gasteiger partial charge in [0.1, 0.15) is 0 Å². The van der Waals surface area contributed by atoms with Crippen molar-refractivity contribution in [3.63, 3.8) is 0 Å². The highest BCUT2D eigenvalue weighted by atomic mass is 15.2. The maximum atomic E-state index is 2.75. The number of benzene rings is 6. The molecule has 4 aliphatic carbocycles. The third-order valence-corrected chi connectivity index (χ3v) is 18.9. The molecule has 6 aromatic rings. The summed E-state index contributed by atoms with van der Waals surface area (Å²) < 4.78 is 0. The van der Waals surface area contributed by atoms with Gasteiger partial charge in [-0.25, -0.2) is 0 Å². The van der Waals surface area contributed by atoms with E-state index in [4.69, 9.17) is 0 Å². The Kier molecular flexibility index (Phi) is 8.52. The second-order valence-corrected chi connectivity index (χ2v) is 26.8. The number of nitrogens with zero attached hydrogens (tertiary/aromatic N) is 2. The van der Waals surface area contributed by atoms with Crippen molar-refractivity contribution in [3.8, 4) is 11.1 Å². The molecule has 0 N–H and O–H groups in total. The molecule has 3 heteroatoms. The SMILES string of the molecule is Cc1cc2c3c(c1)N(c1cc4c(cc1C)C(C)(C)CC4(C)C)c1cc4c(cc1B3c1cc3c(cc1N2c1ccc2c(c1)C(C)(C)c1ccccc1-2)C(C)(C)CCC3(C)C)C(C)(C)CCC4(C)C. The predicted molar refractivity (Wildman–Crippen MR) is 289 cm³/mol. The van der Waals surface area contributed by atoms with Crippen LogP contribution < -0.4 is 26.2 Å². The number of rotatable bonds is 2. The first-order valence-corrected chi connectivity index (χ1v) is 25.8. The van der Waals surface area contributed by atoms with Gasteiger partial charge in [0.2, 0.25) is 0 Å². The van der Waals surface area contributed by atoms with E-state index in [-0.39, 0.29) is 44.6 Å². The van der Waals surface area contributed by atoms with Crippen molar-refractivity contribution in [1.82, 2.24) is 0 Å². The molecule has 0 amide bonds. The van der Waals surface area contributed by atoms with Crippen LogP contribution in [0.1, 0.15) is 185 Å². The Morgan fingerprint density at radius 1 is 0.388 bits per heavy atom. The van der Waals surface area contributed by atoms with E-state index in [0.717, 1.165) is 6.42 Å². The van der Waals surface area contributed by atoms with Crippen LogP contribution in [-0.4, -0.2) is 6.71 Å². The third kappa shape index (κ3) is 5.82. The van der Waals surface area contributed by atoms with E-state index in [0.29, 0.717) is 0 Å². The first-order chi connectivity index (χ1) is 31.2. The molecule has 12 rings (SSSR count). The lowest BCUT2D eigenvalue weighted by molar-refractivity contribution is 0.332. The lowest BCUT2D eigenvalue weighted by Gasteiger charge is -2.49. The summed E-state index contributed by atoms with van der Waals surface area (Å²) in [5.41, 5.74) is 30.0. The predicted octanol–water partition coefficient (Wildman–Crippen LogP) is 15.3. The van der Waals surface area contributed by atoms with E-state index in [9.17, 15) is 0 Å². The van der Waals surface area contributed by atoms with Crippen molar-refractivity contribution < 1.29 is 0 Å². The summed E-state index contributed by atoms with van der Waals surface area (Å²) in [6.07, 6.45) is 5.90. The van der Waals surface area contributed by atoms with Crippen LogP contribution in [0.4, 0.5) is 34.1 Å². The normalized spacial score (nSPS) is 21.6. The maximum absolute atomic E-state index is 2.75. The van der Waals surface area contributed by atoms with Gasteiger partial charge < -0.3 is 9.80 Å². The fourth-order valence-corrected chi connectivity index (χ4v) is 15.0. The van der Waals surface area contributed by atoms with E-state index in [1.54, 1.807) is 0 Å². The Bertz CT molecular complexity index is 3180. The molecule has 0 saturated carbocycles. The quantitative estimate of drug-likeness (QED) is 0.160. The minimum atomic E-state index is -0.111. The molecule has 0 saturated heterocycles. The molecule has 0 spiro atoms. The van der Waals surface area contributed by atoms with E-state index in [1.807, 2.05) is 0 Å². The van der Waals surface area contributed by atoms with Gasteiger partial charge in [-0.2, -0.15) is 0 Å². The zero-order chi connectivity index (χ0) is 47.5. The van der Waals surface area contributed by atoms with Gasteiger partial charge in [0, 0.05) is 39.5 Å². The zero-order valence-electron chi connectivity index (χ0n) is 43.7. The average Bonchev–Trinajstić information content (AvgIpc) is 3.59. The number of anilines is 6. The Labute approximate surface area is 403 Å². The van der Waals surface area contributed by atoms with Crippen LogP contribution in [0.2, 0.25) is 0 Å². The summed E-state index contributed by atoms with van der Waals surface area (Å²) in [6.45, 7) is 39.6. The molecule has 2 nitrogen and oxygen atoms in total. The maximum Gasteiger partial charge on any atom is 0.252 e. The molecule has 2 heterocycles. The Hall–Kier alpha value is -5.02. The fraction of sp³-hybridized carbons (Fsp3) is 0.438. The molecule has 0 fully saturated rings. The van der Waals surface area contributed by atoms with Crippen LogP contribution in [0, 0.1) is 13.8 Å². The molecule has 2 aliphatic heterocycles. The summed E-state index contributed by atoms with van der Waals surface area (Å²) in [4.78, 5) is 5.47. The summed E-state index contributed by atoms with van der Waals surface area (Å²) in [5.74, 6) is 0. The molecular formula is C64H73BN2. The van der Waals surface area contributed by atoms with Crippen molar-refractivity contribution in [1.29, 1.82) is 0 Å². The Morgan fingerprint density at radius 3 is 1.40 bits per heavy atom. The smallest absolute Gasteiger partial charge is 0.252 e. The first kappa shape index (κ1) is 43.3. The van der Waals surface area contributed by atoms with Crippen LogP contribution in [0.15, 0.2) is 91.0 Å². The minimum absolute atomic E-state index is 0.0640. The Balaban J connectivity index is 1.21. The van der Waals surface area contributed by atoms with Crippen LogP contribution >= 0.6 is 0 Å². The van der Waals surface area contributed by atoms with Gasteiger partial charge >= 0.3 is 0 Å². The molecule has 6 aromatic carbocycles. The monoisotopic (exact) mass is 881 g/mol. The first-order valence-electron chi connectivity index (χ1n) is 25.8. The highest BCUT2D eigenvalue weighted by Crippen LogP contribution is 2.57. The standard InChI is InChI=1S/C64H73BN2/c1-37-27-55-57-56(28-37)67(52-33-49-44(29-38(52)2)62(11,12)36-63(49,13)14)54-35-48-46(59(5,6)24-26-61(48,9)10)32-51(54)65(57)50-31-45-47(60(7,8)25-23-58(45,3)4)34-53(50)66(55)39-21-22-41-40-19-17-18-20-42(40)64(15,16)43(41)30-39/h17-22,27-35H,23-26,36H2,1-16H3. The molecule has 0 radical (unpaired) electrons. The molecule has 67 heavy (non-hydrogen) atoms. The lowest BCUT2D eigenvalue weighted by Crippen LogP contribution is -2.62. The van der Waals surface area contributed by atoms with Gasteiger partial charge in [-0.15, -0.1) is 0 Å². The molecular weight excluding hydrogens is 808 g/mol. The summed E-state index contributed by atoms with van der Waals surface area (Å²) >= 11 is 0. The molecule has 0 atom stereocenters. The van der Waals surface area contributed by atoms with Gasteiger partial charge in [-0.05, 0) is 204 Å². The van der Waals surface area contributed by atoms with Crippen molar-refractivity contribution in [2.75, 3.05) is 9.80 Å². The second kappa shape index (κ2) is 13.2. The molecule has 0 aromatic heterocycles. The lowest BCUT2D eigenvalue weighted by atomic mass is 9.32. The Morgan fingerprint density at radius 2 is 0.836 bits per heavy atom. The van der Waals surface area contributed by atoms with Crippen LogP contribution in [-0.2, 0) is 37.9 Å². The number of aryl methyl sites for hydroxylation is 2. The molecule has 0 bridgehead atoms. The van der Waals surface area contributed by atoms with Gasteiger partial charge in [0.15, 0.2) is 0 Å². The third-order valence-electron chi connectivity index (χ3n) is 18.9. The topological polar surface area (TPSA) is 6.48 Å². The van der Waals surface area contributed by atoms with Crippen LogP contribution in [0.25, 0.3) is 11.1 Å². The van der Waals surface area contributed by atoms with Crippen LogP contribution in [0.5, 0.6) is 0 Å². The minimum Gasteiger partial charge on any atom is -0.311 e. The number of hydrogen-bond donors (Lipinski definition) is 0. The van der Waals surface area contributed by atoms with Gasteiger partial charge in [-0.1, -0.05) is 145 Å². The summed E-state index contributed by atoms with van der Waals surface area (Å²) in [7, 11) is 0. The number of hydrogen-bond acceptors (Lipinski definition) is 2. The van der Waals surface area contributed by atoms with Crippen molar-refractivity contribution in [3.05, 3.63) is 147 Å². The fourth-order valence-electron chi connectivity index (χ4n) is 15.0. The molecule has 342 valence electrons. The van der Waals surface area contributed by atoms with E-state index < -0.39 is 0 Å². The summed E-state index contributed by atoms with van der Waals surface area (Å²) in [5, 5.41) is 0. The molecule has 6 aliphatic rings. The second-order valence-electron chi connectivity index (χ2n) is 26.8. The average molecular weight is 881 g/mol.